The summed E-state index contributed by atoms with van der Waals surface area (Å²) in [5.41, 5.74) is 4.06. The highest BCUT2D eigenvalue weighted by atomic mass is 35.5. The lowest BCUT2D eigenvalue weighted by molar-refractivity contribution is -0.121. The fourth-order valence-corrected chi connectivity index (χ4v) is 3.61. The monoisotopic (exact) mass is 450 g/mol. The fraction of sp³-hybridized carbons (Fsp3) is 0.333. The van der Waals surface area contributed by atoms with E-state index >= 15 is 0 Å². The van der Waals surface area contributed by atoms with Crippen LogP contribution in [0.25, 0.3) is 0 Å². The molecule has 5 heteroatoms. The lowest BCUT2D eigenvalue weighted by Crippen LogP contribution is -2.30. The van der Waals surface area contributed by atoms with E-state index < -0.39 is 0 Å². The molecule has 168 valence electrons. The van der Waals surface area contributed by atoms with Crippen molar-refractivity contribution >= 4 is 17.5 Å². The molecule has 3 aromatic rings. The second-order valence-corrected chi connectivity index (χ2v) is 8.94. The highest BCUT2D eigenvalue weighted by Gasteiger charge is 2.16. The van der Waals surface area contributed by atoms with Crippen molar-refractivity contribution in [2.75, 3.05) is 0 Å². The van der Waals surface area contributed by atoms with E-state index in [0.29, 0.717) is 24.0 Å². The zero-order chi connectivity index (χ0) is 22.9. The quantitative estimate of drug-likeness (QED) is 0.385. The van der Waals surface area contributed by atoms with Gasteiger partial charge in [-0.1, -0.05) is 55.8 Å². The van der Waals surface area contributed by atoms with Gasteiger partial charge in [-0.25, -0.2) is 0 Å². The Morgan fingerprint density at radius 2 is 1.75 bits per heavy atom. The summed E-state index contributed by atoms with van der Waals surface area (Å²) in [4.78, 5) is 17.0. The van der Waals surface area contributed by atoms with E-state index in [0.717, 1.165) is 41.0 Å². The first-order valence-electron chi connectivity index (χ1n) is 11.1. The van der Waals surface area contributed by atoms with Crippen molar-refractivity contribution in [3.8, 4) is 5.75 Å². The van der Waals surface area contributed by atoms with Gasteiger partial charge < -0.3 is 10.1 Å². The van der Waals surface area contributed by atoms with Crippen LogP contribution in [0.3, 0.4) is 0 Å². The Kier molecular flexibility index (Phi) is 8.69. The molecule has 1 heterocycles. The van der Waals surface area contributed by atoms with Crippen LogP contribution in [0.2, 0.25) is 5.02 Å². The second kappa shape index (κ2) is 11.7. The number of ether oxygens (including phenoxy) is 1. The first-order chi connectivity index (χ1) is 15.4. The van der Waals surface area contributed by atoms with Gasteiger partial charge in [-0.2, -0.15) is 0 Å². The van der Waals surface area contributed by atoms with Gasteiger partial charge >= 0.3 is 0 Å². The molecule has 1 atom stereocenters. The predicted molar refractivity (Wildman–Crippen MR) is 130 cm³/mol. The van der Waals surface area contributed by atoms with Gasteiger partial charge in [-0.15, -0.1) is 0 Å². The summed E-state index contributed by atoms with van der Waals surface area (Å²) >= 11 is 6.03. The number of halogens is 1. The number of hydrogen-bond acceptors (Lipinski definition) is 3. The molecule has 4 nitrogen and oxygen atoms in total. The third-order valence-corrected chi connectivity index (χ3v) is 5.69. The molecule has 1 aromatic heterocycles. The van der Waals surface area contributed by atoms with Crippen LogP contribution >= 0.6 is 11.6 Å². The van der Waals surface area contributed by atoms with E-state index in [-0.39, 0.29) is 11.9 Å². The van der Waals surface area contributed by atoms with Crippen LogP contribution in [-0.2, 0) is 17.8 Å². The molecule has 0 aliphatic carbocycles. The van der Waals surface area contributed by atoms with E-state index in [4.69, 9.17) is 16.3 Å². The van der Waals surface area contributed by atoms with Crippen LogP contribution in [0.5, 0.6) is 5.75 Å². The summed E-state index contributed by atoms with van der Waals surface area (Å²) in [6.07, 6.45) is 4.04. The zero-order valence-electron chi connectivity index (χ0n) is 19.0. The van der Waals surface area contributed by atoms with Crippen molar-refractivity contribution in [2.24, 2.45) is 5.92 Å². The third kappa shape index (κ3) is 7.38. The molecule has 0 saturated carbocycles. The zero-order valence-corrected chi connectivity index (χ0v) is 19.7. The number of aromatic nitrogens is 1. The Labute approximate surface area is 196 Å². The summed E-state index contributed by atoms with van der Waals surface area (Å²) in [5.74, 6) is 1.35. The highest BCUT2D eigenvalue weighted by molar-refractivity contribution is 6.30. The summed E-state index contributed by atoms with van der Waals surface area (Å²) < 4.78 is 5.87. The average Bonchev–Trinajstić information content (AvgIpc) is 2.77. The first-order valence-corrected chi connectivity index (χ1v) is 11.5. The van der Waals surface area contributed by atoms with E-state index in [9.17, 15) is 4.79 Å². The number of benzene rings is 2. The molecular weight excluding hydrogens is 420 g/mol. The number of amides is 1. The number of nitrogens with zero attached hydrogens (tertiary/aromatic N) is 1. The van der Waals surface area contributed by atoms with Crippen LogP contribution in [0.4, 0.5) is 0 Å². The number of pyridine rings is 1. The Morgan fingerprint density at radius 3 is 2.41 bits per heavy atom. The summed E-state index contributed by atoms with van der Waals surface area (Å²) in [6, 6.07) is 19.3. The Morgan fingerprint density at radius 1 is 1.03 bits per heavy atom. The van der Waals surface area contributed by atoms with Gasteiger partial charge in [-0.3, -0.25) is 9.78 Å². The molecule has 0 aliphatic rings. The maximum atomic E-state index is 12.8. The van der Waals surface area contributed by atoms with Gasteiger partial charge in [-0.05, 0) is 67.1 Å². The molecule has 1 unspecified atom stereocenters. The molecule has 0 aliphatic heterocycles. The summed E-state index contributed by atoms with van der Waals surface area (Å²) in [5, 5.41) is 3.90. The van der Waals surface area contributed by atoms with Gasteiger partial charge in [0.2, 0.25) is 5.91 Å². The van der Waals surface area contributed by atoms with Crippen molar-refractivity contribution in [1.29, 1.82) is 0 Å². The molecule has 1 amide bonds. The molecule has 0 bridgehead atoms. The molecule has 0 spiro atoms. The second-order valence-electron chi connectivity index (χ2n) is 8.50. The molecule has 0 saturated heterocycles. The normalized spacial score (nSPS) is 11.9. The first kappa shape index (κ1) is 23.8. The van der Waals surface area contributed by atoms with Gasteiger partial charge in [0.05, 0.1) is 12.5 Å². The van der Waals surface area contributed by atoms with E-state index in [1.54, 1.807) is 6.20 Å². The minimum atomic E-state index is -0.0208. The topological polar surface area (TPSA) is 51.2 Å². The van der Waals surface area contributed by atoms with Crippen molar-refractivity contribution in [3.05, 3.63) is 94.3 Å². The standard InChI is InChI=1S/C27H31ClN2O2/c1-19(2)6-15-26(22-9-11-24(28)12-10-22)30-27(31)17-21-7-13-25(14-8-21)32-18-23-5-4-16-29-20(23)3/h4-5,7-14,16,19,26H,6,15,17-18H2,1-3H3,(H,30,31). The number of hydrogen-bond donors (Lipinski definition) is 1. The fourth-order valence-electron chi connectivity index (χ4n) is 3.48. The maximum absolute atomic E-state index is 12.8. The number of rotatable bonds is 10. The van der Waals surface area contributed by atoms with Crippen molar-refractivity contribution < 1.29 is 9.53 Å². The lowest BCUT2D eigenvalue weighted by atomic mass is 9.97. The van der Waals surface area contributed by atoms with Crippen LogP contribution in [0, 0.1) is 12.8 Å². The van der Waals surface area contributed by atoms with Crippen LogP contribution in [-0.4, -0.2) is 10.9 Å². The maximum Gasteiger partial charge on any atom is 0.224 e. The molecule has 1 N–H and O–H groups in total. The predicted octanol–water partition coefficient (Wildman–Crippen LogP) is 6.46. The molecule has 32 heavy (non-hydrogen) atoms. The van der Waals surface area contributed by atoms with Crippen molar-refractivity contribution in [3.63, 3.8) is 0 Å². The summed E-state index contributed by atoms with van der Waals surface area (Å²) in [7, 11) is 0. The van der Waals surface area contributed by atoms with E-state index in [1.807, 2.05) is 67.6 Å². The van der Waals surface area contributed by atoms with E-state index in [2.05, 4.69) is 24.1 Å². The SMILES string of the molecule is Cc1ncccc1COc1ccc(CC(=O)NC(CCC(C)C)c2ccc(Cl)cc2)cc1. The number of aryl methyl sites for hydroxylation is 1. The Bertz CT molecular complexity index is 1000. The average molecular weight is 451 g/mol. The van der Waals surface area contributed by atoms with Gasteiger partial charge in [0.15, 0.2) is 0 Å². The van der Waals surface area contributed by atoms with Gasteiger partial charge in [0.1, 0.15) is 12.4 Å². The summed E-state index contributed by atoms with van der Waals surface area (Å²) in [6.45, 7) is 6.83. The van der Waals surface area contributed by atoms with Gasteiger partial charge in [0, 0.05) is 22.5 Å². The van der Waals surface area contributed by atoms with Crippen LogP contribution in [0.15, 0.2) is 66.9 Å². The molecule has 3 rings (SSSR count). The van der Waals surface area contributed by atoms with Crippen LogP contribution < -0.4 is 10.1 Å². The molecule has 0 radical (unpaired) electrons. The van der Waals surface area contributed by atoms with E-state index in [1.165, 1.54) is 0 Å². The Balaban J connectivity index is 1.57. The van der Waals surface area contributed by atoms with Gasteiger partial charge in [0.25, 0.3) is 0 Å². The number of carbonyl (C=O) groups is 1. The molecule has 0 fully saturated rings. The van der Waals surface area contributed by atoms with Crippen molar-refractivity contribution in [1.82, 2.24) is 10.3 Å². The lowest BCUT2D eigenvalue weighted by Gasteiger charge is -2.20. The largest absolute Gasteiger partial charge is 0.489 e. The van der Waals surface area contributed by atoms with Crippen molar-refractivity contribution in [2.45, 2.75) is 52.7 Å². The third-order valence-electron chi connectivity index (χ3n) is 5.44. The number of nitrogens with one attached hydrogen (secondary N) is 1. The minimum Gasteiger partial charge on any atom is -0.489 e. The highest BCUT2D eigenvalue weighted by Crippen LogP contribution is 2.23. The smallest absolute Gasteiger partial charge is 0.224 e. The Hall–Kier alpha value is -2.85. The minimum absolute atomic E-state index is 0.00774. The molecule has 2 aromatic carbocycles. The van der Waals surface area contributed by atoms with Crippen LogP contribution in [0.1, 0.15) is 55.1 Å². The molecular formula is C27H31ClN2O2. The number of carbonyl (C=O) groups excluding carboxylic acids is 1.